The van der Waals surface area contributed by atoms with E-state index in [1.54, 1.807) is 36.4 Å². The van der Waals surface area contributed by atoms with Crippen LogP contribution < -0.4 is 21.0 Å². The topological polar surface area (TPSA) is 114 Å². The van der Waals surface area contributed by atoms with E-state index in [1.165, 1.54) is 24.0 Å². The quantitative estimate of drug-likeness (QED) is 0.590. The highest BCUT2D eigenvalue weighted by Crippen LogP contribution is 2.25. The van der Waals surface area contributed by atoms with Crippen LogP contribution in [0.1, 0.15) is 6.92 Å². The number of rotatable bonds is 5. The summed E-state index contributed by atoms with van der Waals surface area (Å²) in [5, 5.41) is 6.25. The Morgan fingerprint density at radius 1 is 0.938 bits per heavy atom. The third-order valence-corrected chi connectivity index (χ3v) is 5.08. The van der Waals surface area contributed by atoms with Crippen molar-refractivity contribution in [3.8, 4) is 0 Å². The SMILES string of the molecule is CC(=O)Nc1ccc(NC(=O)CN2NC3N(CCN3c3ccc(F)cc3)C(=O)C2=O)cc1. The van der Waals surface area contributed by atoms with Crippen LogP contribution in [0, 0.1) is 5.82 Å². The average molecular weight is 440 g/mol. The Kier molecular flexibility index (Phi) is 5.73. The lowest BCUT2D eigenvalue weighted by molar-refractivity contribution is -0.163. The van der Waals surface area contributed by atoms with Gasteiger partial charge in [0.05, 0.1) is 0 Å². The van der Waals surface area contributed by atoms with Crippen molar-refractivity contribution in [1.29, 1.82) is 0 Å². The van der Waals surface area contributed by atoms with Gasteiger partial charge in [-0.3, -0.25) is 29.1 Å². The summed E-state index contributed by atoms with van der Waals surface area (Å²) in [7, 11) is 0. The van der Waals surface area contributed by atoms with E-state index in [9.17, 15) is 23.6 Å². The number of amides is 4. The number of carbonyl (C=O) groups is 4. The zero-order chi connectivity index (χ0) is 22.8. The van der Waals surface area contributed by atoms with Gasteiger partial charge in [-0.15, -0.1) is 0 Å². The summed E-state index contributed by atoms with van der Waals surface area (Å²) in [6, 6.07) is 12.3. The second-order valence-corrected chi connectivity index (χ2v) is 7.37. The fourth-order valence-corrected chi connectivity index (χ4v) is 3.62. The minimum Gasteiger partial charge on any atom is -0.336 e. The number of carbonyl (C=O) groups excluding carboxylic acids is 4. The standard InChI is InChI=1S/C21H21FN6O4/c1-13(29)23-15-4-6-16(7-5-15)24-18(30)12-28-20(32)19(31)27-11-10-26(21(27)25-28)17-8-2-14(22)3-9-17/h2-9,21,25H,10-12H2,1H3,(H,23,29)(H,24,30). The molecule has 0 bridgehead atoms. The molecule has 4 amide bonds. The van der Waals surface area contributed by atoms with Crippen molar-refractivity contribution >= 4 is 40.7 Å². The molecule has 0 saturated carbocycles. The first-order chi connectivity index (χ1) is 15.3. The molecule has 2 aliphatic rings. The van der Waals surface area contributed by atoms with Gasteiger partial charge in [0.15, 0.2) is 6.29 Å². The van der Waals surface area contributed by atoms with Crippen molar-refractivity contribution in [2.24, 2.45) is 0 Å². The largest absolute Gasteiger partial charge is 0.336 e. The highest BCUT2D eigenvalue weighted by molar-refractivity contribution is 6.35. The maximum Gasteiger partial charge on any atom is 0.326 e. The van der Waals surface area contributed by atoms with Gasteiger partial charge in [-0.05, 0) is 48.5 Å². The van der Waals surface area contributed by atoms with Gasteiger partial charge in [0.2, 0.25) is 11.8 Å². The maximum atomic E-state index is 13.3. The van der Waals surface area contributed by atoms with Gasteiger partial charge < -0.3 is 15.5 Å². The molecular formula is C21H21FN6O4. The number of hydrogen-bond acceptors (Lipinski definition) is 6. The van der Waals surface area contributed by atoms with Crippen LogP contribution in [0.15, 0.2) is 48.5 Å². The summed E-state index contributed by atoms with van der Waals surface area (Å²) in [4.78, 5) is 51.8. The summed E-state index contributed by atoms with van der Waals surface area (Å²) >= 11 is 0. The molecule has 0 radical (unpaired) electrons. The van der Waals surface area contributed by atoms with E-state index in [0.29, 0.717) is 30.2 Å². The molecule has 1 atom stereocenters. The molecule has 1 unspecified atom stereocenters. The first-order valence-electron chi connectivity index (χ1n) is 9.90. The van der Waals surface area contributed by atoms with Crippen LogP contribution in [0.3, 0.4) is 0 Å². The molecule has 0 spiro atoms. The maximum absolute atomic E-state index is 13.3. The summed E-state index contributed by atoms with van der Waals surface area (Å²) in [5.74, 6) is -2.65. The molecule has 2 aromatic rings. The fraction of sp³-hybridized carbons (Fsp3) is 0.238. The van der Waals surface area contributed by atoms with E-state index in [4.69, 9.17) is 0 Å². The van der Waals surface area contributed by atoms with Crippen molar-refractivity contribution in [2.75, 3.05) is 35.2 Å². The zero-order valence-corrected chi connectivity index (χ0v) is 17.2. The first kappa shape index (κ1) is 21.2. The summed E-state index contributed by atoms with van der Waals surface area (Å²) in [5.41, 5.74) is 4.64. The minimum absolute atomic E-state index is 0.211. The smallest absolute Gasteiger partial charge is 0.326 e. The molecule has 32 heavy (non-hydrogen) atoms. The molecule has 0 aliphatic carbocycles. The second-order valence-electron chi connectivity index (χ2n) is 7.37. The normalized spacial score (nSPS) is 17.9. The second kappa shape index (κ2) is 8.63. The van der Waals surface area contributed by atoms with E-state index < -0.39 is 24.0 Å². The third-order valence-electron chi connectivity index (χ3n) is 5.08. The van der Waals surface area contributed by atoms with Crippen LogP contribution in [0.4, 0.5) is 21.5 Å². The van der Waals surface area contributed by atoms with Crippen molar-refractivity contribution in [1.82, 2.24) is 15.3 Å². The lowest BCUT2D eigenvalue weighted by atomic mass is 10.2. The summed E-state index contributed by atoms with van der Waals surface area (Å²) in [6.45, 7) is 1.77. The van der Waals surface area contributed by atoms with Gasteiger partial charge >= 0.3 is 11.8 Å². The van der Waals surface area contributed by atoms with Gasteiger partial charge in [-0.1, -0.05) is 0 Å². The predicted molar refractivity (Wildman–Crippen MR) is 113 cm³/mol. The van der Waals surface area contributed by atoms with Crippen LogP contribution in [-0.4, -0.2) is 59.5 Å². The zero-order valence-electron chi connectivity index (χ0n) is 17.2. The van der Waals surface area contributed by atoms with Gasteiger partial charge in [0.1, 0.15) is 12.4 Å². The third kappa shape index (κ3) is 4.37. The molecule has 2 fully saturated rings. The molecule has 2 aliphatic heterocycles. The fourth-order valence-electron chi connectivity index (χ4n) is 3.62. The Balaban J connectivity index is 1.42. The lowest BCUT2D eigenvalue weighted by Gasteiger charge is -2.40. The average Bonchev–Trinajstić information content (AvgIpc) is 3.17. The molecule has 2 heterocycles. The number of hydrazine groups is 1. The van der Waals surface area contributed by atoms with Crippen molar-refractivity contribution in [3.63, 3.8) is 0 Å². The minimum atomic E-state index is -0.835. The Labute approximate surface area is 182 Å². The number of nitrogens with one attached hydrogen (secondary N) is 3. The summed E-state index contributed by atoms with van der Waals surface area (Å²) < 4.78 is 13.3. The summed E-state index contributed by atoms with van der Waals surface area (Å²) in [6.07, 6.45) is -0.671. The van der Waals surface area contributed by atoms with Gasteiger partial charge in [0.25, 0.3) is 0 Å². The number of fused-ring (bicyclic) bond motifs is 1. The number of nitrogens with zero attached hydrogens (tertiary/aromatic N) is 3. The Morgan fingerprint density at radius 2 is 1.53 bits per heavy atom. The van der Waals surface area contributed by atoms with Crippen molar-refractivity contribution < 1.29 is 23.6 Å². The Hall–Kier alpha value is -3.99. The molecule has 4 rings (SSSR count). The van der Waals surface area contributed by atoms with E-state index >= 15 is 0 Å². The van der Waals surface area contributed by atoms with Crippen LogP contribution in [-0.2, 0) is 19.2 Å². The highest BCUT2D eigenvalue weighted by atomic mass is 19.1. The predicted octanol–water partition coefficient (Wildman–Crippen LogP) is 0.702. The molecular weight excluding hydrogens is 419 g/mol. The van der Waals surface area contributed by atoms with Crippen LogP contribution in [0.2, 0.25) is 0 Å². The molecule has 2 aromatic carbocycles. The van der Waals surface area contributed by atoms with Gasteiger partial charge in [-0.25, -0.2) is 4.39 Å². The van der Waals surface area contributed by atoms with Gasteiger partial charge in [0, 0.05) is 37.1 Å². The molecule has 10 nitrogen and oxygen atoms in total. The number of anilines is 3. The van der Waals surface area contributed by atoms with Crippen molar-refractivity contribution in [2.45, 2.75) is 13.2 Å². The Bertz CT molecular complexity index is 1060. The molecule has 11 heteroatoms. The van der Waals surface area contributed by atoms with Gasteiger partial charge in [-0.2, -0.15) is 5.43 Å². The van der Waals surface area contributed by atoms with E-state index in [-0.39, 0.29) is 18.3 Å². The van der Waals surface area contributed by atoms with Crippen LogP contribution in [0.5, 0.6) is 0 Å². The van der Waals surface area contributed by atoms with Crippen molar-refractivity contribution in [3.05, 3.63) is 54.3 Å². The first-order valence-corrected chi connectivity index (χ1v) is 9.90. The van der Waals surface area contributed by atoms with Crippen LogP contribution in [0.25, 0.3) is 0 Å². The lowest BCUT2D eigenvalue weighted by Crippen LogP contribution is -2.68. The number of benzene rings is 2. The highest BCUT2D eigenvalue weighted by Gasteiger charge is 2.45. The van der Waals surface area contributed by atoms with E-state index in [1.807, 2.05) is 4.90 Å². The Morgan fingerprint density at radius 3 is 2.16 bits per heavy atom. The number of halogens is 1. The van der Waals surface area contributed by atoms with E-state index in [0.717, 1.165) is 5.01 Å². The molecule has 3 N–H and O–H groups in total. The van der Waals surface area contributed by atoms with Crippen LogP contribution >= 0.6 is 0 Å². The molecule has 166 valence electrons. The number of hydrogen-bond donors (Lipinski definition) is 3. The molecule has 0 aromatic heterocycles. The monoisotopic (exact) mass is 440 g/mol. The van der Waals surface area contributed by atoms with E-state index in [2.05, 4.69) is 16.1 Å². The molecule has 2 saturated heterocycles.